The standard InChI is InChI=1S/C12H13FN4/c13-9-1-5-11(6-2-9)17-12(8-15-16-17)7-14-10-3-4-10/h1-2,5-6,8,10,14H,3-4,7H2. The summed E-state index contributed by atoms with van der Waals surface area (Å²) in [6, 6.07) is 6.89. The summed E-state index contributed by atoms with van der Waals surface area (Å²) < 4.78 is 14.6. The van der Waals surface area contributed by atoms with Gasteiger partial charge in [-0.3, -0.25) is 0 Å². The van der Waals surface area contributed by atoms with Gasteiger partial charge in [-0.1, -0.05) is 5.21 Å². The van der Waals surface area contributed by atoms with Gasteiger partial charge in [-0.2, -0.15) is 0 Å². The highest BCUT2D eigenvalue weighted by Gasteiger charge is 2.20. The Kier molecular flexibility index (Phi) is 2.60. The van der Waals surface area contributed by atoms with Gasteiger partial charge < -0.3 is 5.32 Å². The van der Waals surface area contributed by atoms with Crippen molar-refractivity contribution in [2.45, 2.75) is 25.4 Å². The first kappa shape index (κ1) is 10.4. The largest absolute Gasteiger partial charge is 0.308 e. The quantitative estimate of drug-likeness (QED) is 0.871. The van der Waals surface area contributed by atoms with Crippen LogP contribution in [0.15, 0.2) is 30.5 Å². The van der Waals surface area contributed by atoms with Gasteiger partial charge in [0, 0.05) is 12.6 Å². The molecule has 3 rings (SSSR count). The molecule has 0 unspecified atom stereocenters. The molecule has 0 spiro atoms. The summed E-state index contributed by atoms with van der Waals surface area (Å²) in [5.41, 5.74) is 1.82. The summed E-state index contributed by atoms with van der Waals surface area (Å²) in [5, 5.41) is 11.3. The summed E-state index contributed by atoms with van der Waals surface area (Å²) >= 11 is 0. The zero-order chi connectivity index (χ0) is 11.7. The third-order valence-electron chi connectivity index (χ3n) is 2.84. The van der Waals surface area contributed by atoms with Crippen molar-refractivity contribution in [1.82, 2.24) is 20.3 Å². The van der Waals surface area contributed by atoms with Gasteiger partial charge in [0.15, 0.2) is 0 Å². The molecule has 88 valence electrons. The van der Waals surface area contributed by atoms with Crippen LogP contribution in [0.4, 0.5) is 4.39 Å². The Balaban J connectivity index is 1.81. The Hall–Kier alpha value is -1.75. The van der Waals surface area contributed by atoms with Crippen LogP contribution >= 0.6 is 0 Å². The Morgan fingerprint density at radius 3 is 2.76 bits per heavy atom. The van der Waals surface area contributed by atoms with Gasteiger partial charge in [-0.25, -0.2) is 9.07 Å². The van der Waals surface area contributed by atoms with Crippen LogP contribution in [-0.4, -0.2) is 21.0 Å². The number of halogens is 1. The number of nitrogens with one attached hydrogen (secondary N) is 1. The summed E-state index contributed by atoms with van der Waals surface area (Å²) in [4.78, 5) is 0. The smallest absolute Gasteiger partial charge is 0.123 e. The van der Waals surface area contributed by atoms with Crippen LogP contribution in [0.1, 0.15) is 18.5 Å². The molecule has 5 heteroatoms. The molecular formula is C12H13FN4. The van der Waals surface area contributed by atoms with Gasteiger partial charge in [0.25, 0.3) is 0 Å². The van der Waals surface area contributed by atoms with Gasteiger partial charge in [0.05, 0.1) is 17.6 Å². The summed E-state index contributed by atoms with van der Waals surface area (Å²) in [5.74, 6) is -0.244. The summed E-state index contributed by atoms with van der Waals surface area (Å²) in [6.45, 7) is 0.745. The van der Waals surface area contributed by atoms with E-state index in [1.54, 1.807) is 23.0 Å². The minimum atomic E-state index is -0.244. The lowest BCUT2D eigenvalue weighted by Gasteiger charge is -2.06. The number of rotatable bonds is 4. The Bertz CT molecular complexity index is 501. The van der Waals surface area contributed by atoms with Crippen molar-refractivity contribution in [3.63, 3.8) is 0 Å². The summed E-state index contributed by atoms with van der Waals surface area (Å²) in [7, 11) is 0. The van der Waals surface area contributed by atoms with Gasteiger partial charge in [0.1, 0.15) is 5.82 Å². The fourth-order valence-electron chi connectivity index (χ4n) is 1.71. The zero-order valence-corrected chi connectivity index (χ0v) is 9.31. The molecule has 4 nitrogen and oxygen atoms in total. The zero-order valence-electron chi connectivity index (χ0n) is 9.31. The first-order chi connectivity index (χ1) is 8.33. The van der Waals surface area contributed by atoms with E-state index in [-0.39, 0.29) is 5.82 Å². The maximum Gasteiger partial charge on any atom is 0.123 e. The van der Waals surface area contributed by atoms with Gasteiger partial charge in [-0.15, -0.1) is 5.10 Å². The van der Waals surface area contributed by atoms with Crippen LogP contribution in [0.3, 0.4) is 0 Å². The van der Waals surface area contributed by atoms with E-state index >= 15 is 0 Å². The molecule has 1 aromatic carbocycles. The second-order valence-corrected chi connectivity index (χ2v) is 4.27. The normalized spacial score (nSPS) is 15.1. The van der Waals surface area contributed by atoms with Crippen molar-refractivity contribution >= 4 is 0 Å². The monoisotopic (exact) mass is 232 g/mol. The van der Waals surface area contributed by atoms with Crippen molar-refractivity contribution in [2.75, 3.05) is 0 Å². The minimum Gasteiger partial charge on any atom is -0.308 e. The van der Waals surface area contributed by atoms with Crippen LogP contribution in [0.5, 0.6) is 0 Å². The van der Waals surface area contributed by atoms with Crippen molar-refractivity contribution in [1.29, 1.82) is 0 Å². The summed E-state index contributed by atoms with van der Waals surface area (Å²) in [6.07, 6.45) is 4.23. The molecule has 17 heavy (non-hydrogen) atoms. The number of nitrogens with zero attached hydrogens (tertiary/aromatic N) is 3. The molecule has 1 fully saturated rings. The van der Waals surface area contributed by atoms with Gasteiger partial charge >= 0.3 is 0 Å². The molecule has 1 aliphatic carbocycles. The predicted molar refractivity (Wildman–Crippen MR) is 61.2 cm³/mol. The average molecular weight is 232 g/mol. The van der Waals surface area contributed by atoms with Crippen LogP contribution in [0, 0.1) is 5.82 Å². The minimum absolute atomic E-state index is 0.244. The molecule has 0 atom stereocenters. The highest BCUT2D eigenvalue weighted by molar-refractivity contribution is 5.32. The third kappa shape index (κ3) is 2.34. The lowest BCUT2D eigenvalue weighted by Crippen LogP contribution is -2.18. The molecule has 0 bridgehead atoms. The van der Waals surface area contributed by atoms with Crippen molar-refractivity contribution < 1.29 is 4.39 Å². The van der Waals surface area contributed by atoms with Gasteiger partial charge in [0.2, 0.25) is 0 Å². The molecular weight excluding hydrogens is 219 g/mol. The molecule has 1 aromatic heterocycles. The molecule has 0 aliphatic heterocycles. The van der Waals surface area contributed by atoms with Crippen molar-refractivity contribution in [3.05, 3.63) is 42.0 Å². The van der Waals surface area contributed by atoms with E-state index in [0.717, 1.165) is 17.9 Å². The van der Waals surface area contributed by atoms with E-state index in [9.17, 15) is 4.39 Å². The molecule has 0 radical (unpaired) electrons. The van der Waals surface area contributed by atoms with E-state index in [2.05, 4.69) is 15.6 Å². The fourth-order valence-corrected chi connectivity index (χ4v) is 1.71. The first-order valence-electron chi connectivity index (χ1n) is 5.72. The number of hydrogen-bond donors (Lipinski definition) is 1. The third-order valence-corrected chi connectivity index (χ3v) is 2.84. The number of aromatic nitrogens is 3. The Labute approximate surface area is 98.5 Å². The maximum atomic E-state index is 12.8. The topological polar surface area (TPSA) is 42.7 Å². The molecule has 2 aromatic rings. The van der Waals surface area contributed by atoms with E-state index in [4.69, 9.17) is 0 Å². The molecule has 1 N–H and O–H groups in total. The highest BCUT2D eigenvalue weighted by Crippen LogP contribution is 2.19. The van der Waals surface area contributed by atoms with Crippen molar-refractivity contribution in [2.24, 2.45) is 0 Å². The van der Waals surface area contributed by atoms with Crippen LogP contribution in [0.2, 0.25) is 0 Å². The number of hydrogen-bond acceptors (Lipinski definition) is 3. The lowest BCUT2D eigenvalue weighted by atomic mass is 10.3. The number of benzene rings is 1. The Morgan fingerprint density at radius 1 is 1.29 bits per heavy atom. The molecule has 0 saturated heterocycles. The molecule has 0 amide bonds. The molecule has 1 heterocycles. The molecule has 1 saturated carbocycles. The SMILES string of the molecule is Fc1ccc(-n2nncc2CNC2CC2)cc1. The van der Waals surface area contributed by atoms with Crippen LogP contribution in [0.25, 0.3) is 5.69 Å². The van der Waals surface area contributed by atoms with E-state index < -0.39 is 0 Å². The fraction of sp³-hybridized carbons (Fsp3) is 0.333. The van der Waals surface area contributed by atoms with Crippen molar-refractivity contribution in [3.8, 4) is 5.69 Å². The lowest BCUT2D eigenvalue weighted by molar-refractivity contribution is 0.624. The van der Waals surface area contributed by atoms with E-state index in [0.29, 0.717) is 6.04 Å². The molecule has 1 aliphatic rings. The first-order valence-corrected chi connectivity index (χ1v) is 5.72. The van der Waals surface area contributed by atoms with Crippen LogP contribution < -0.4 is 5.32 Å². The Morgan fingerprint density at radius 2 is 2.06 bits per heavy atom. The maximum absolute atomic E-state index is 12.8. The predicted octanol–water partition coefficient (Wildman–Crippen LogP) is 1.66. The van der Waals surface area contributed by atoms with Gasteiger partial charge in [-0.05, 0) is 37.1 Å². The average Bonchev–Trinajstić information content (AvgIpc) is 3.06. The second-order valence-electron chi connectivity index (χ2n) is 4.27. The second kappa shape index (κ2) is 4.25. The highest BCUT2D eigenvalue weighted by atomic mass is 19.1. The van der Waals surface area contributed by atoms with E-state index in [1.165, 1.54) is 25.0 Å². The van der Waals surface area contributed by atoms with Crippen LogP contribution in [-0.2, 0) is 6.54 Å². The van der Waals surface area contributed by atoms with E-state index in [1.807, 2.05) is 0 Å².